The molecule has 6 heteroatoms. The lowest BCUT2D eigenvalue weighted by Crippen LogP contribution is -2.30. The number of esters is 3. The quantitative estimate of drug-likeness (QED) is 0.0261. The zero-order valence-corrected chi connectivity index (χ0v) is 54.2. The number of unbranched alkanes of at least 4 members (excludes halogenated alkanes) is 29. The van der Waals surface area contributed by atoms with E-state index >= 15 is 0 Å². The first kappa shape index (κ1) is 78.5. The van der Waals surface area contributed by atoms with Crippen LogP contribution in [0, 0.1) is 0 Å². The second-order valence-electron chi connectivity index (χ2n) is 22.7. The molecular formula is C77H128O6. The summed E-state index contributed by atoms with van der Waals surface area (Å²) in [7, 11) is 0. The van der Waals surface area contributed by atoms with Crippen molar-refractivity contribution in [3.63, 3.8) is 0 Å². The van der Waals surface area contributed by atoms with Gasteiger partial charge in [0.1, 0.15) is 13.2 Å². The molecule has 0 N–H and O–H groups in total. The van der Waals surface area contributed by atoms with Crippen LogP contribution in [0.25, 0.3) is 0 Å². The van der Waals surface area contributed by atoms with Gasteiger partial charge in [0.25, 0.3) is 0 Å². The van der Waals surface area contributed by atoms with Gasteiger partial charge in [-0.25, -0.2) is 0 Å². The zero-order chi connectivity index (χ0) is 59.9. The van der Waals surface area contributed by atoms with E-state index in [2.05, 4.69) is 154 Å². The molecule has 0 fully saturated rings. The minimum absolute atomic E-state index is 0.0915. The molecule has 0 aliphatic carbocycles. The first-order valence-corrected chi connectivity index (χ1v) is 34.7. The molecule has 0 aliphatic rings. The lowest BCUT2D eigenvalue weighted by atomic mass is 10.0. The van der Waals surface area contributed by atoms with E-state index in [9.17, 15) is 14.4 Å². The van der Waals surface area contributed by atoms with Gasteiger partial charge in [-0.05, 0) is 135 Å². The Labute approximate surface area is 513 Å². The highest BCUT2D eigenvalue weighted by Gasteiger charge is 2.19. The molecule has 6 nitrogen and oxygen atoms in total. The van der Waals surface area contributed by atoms with Crippen LogP contribution in [0.2, 0.25) is 0 Å². The first-order valence-electron chi connectivity index (χ1n) is 34.7. The lowest BCUT2D eigenvalue weighted by molar-refractivity contribution is -0.167. The minimum atomic E-state index is -0.797. The van der Waals surface area contributed by atoms with Crippen LogP contribution in [0.4, 0.5) is 0 Å². The van der Waals surface area contributed by atoms with E-state index in [1.165, 1.54) is 135 Å². The van der Waals surface area contributed by atoms with Gasteiger partial charge in [-0.15, -0.1) is 0 Å². The van der Waals surface area contributed by atoms with Gasteiger partial charge in [-0.2, -0.15) is 0 Å². The molecule has 0 spiro atoms. The molecule has 0 aromatic carbocycles. The number of rotatable bonds is 62. The molecule has 472 valence electrons. The monoisotopic (exact) mass is 1150 g/mol. The van der Waals surface area contributed by atoms with E-state index in [1.54, 1.807) is 0 Å². The molecule has 0 amide bonds. The average Bonchev–Trinajstić information content (AvgIpc) is 3.49. The molecule has 0 heterocycles. The van der Waals surface area contributed by atoms with E-state index in [-0.39, 0.29) is 31.1 Å². The summed E-state index contributed by atoms with van der Waals surface area (Å²) in [6.07, 6.45) is 98.9. The van der Waals surface area contributed by atoms with Crippen LogP contribution in [-0.2, 0) is 28.6 Å². The fourth-order valence-corrected chi connectivity index (χ4v) is 9.49. The maximum absolute atomic E-state index is 13.0. The Morgan fingerprint density at radius 1 is 0.253 bits per heavy atom. The lowest BCUT2D eigenvalue weighted by Gasteiger charge is -2.18. The average molecular weight is 1150 g/mol. The van der Waals surface area contributed by atoms with Gasteiger partial charge >= 0.3 is 17.9 Å². The number of carbonyl (C=O) groups excluding carboxylic acids is 3. The predicted octanol–water partition coefficient (Wildman–Crippen LogP) is 24.1. The van der Waals surface area contributed by atoms with Gasteiger partial charge in [0.15, 0.2) is 6.10 Å². The van der Waals surface area contributed by atoms with Crippen molar-refractivity contribution in [3.05, 3.63) is 134 Å². The van der Waals surface area contributed by atoms with E-state index in [0.717, 1.165) is 141 Å². The van der Waals surface area contributed by atoms with Crippen molar-refractivity contribution in [1.82, 2.24) is 0 Å². The Kier molecular flexibility index (Phi) is 66.3. The highest BCUT2D eigenvalue weighted by Crippen LogP contribution is 2.16. The normalized spacial score (nSPS) is 13.0. The van der Waals surface area contributed by atoms with E-state index in [1.807, 2.05) is 0 Å². The Balaban J connectivity index is 4.43. The Morgan fingerprint density at radius 2 is 0.470 bits per heavy atom. The third-order valence-corrected chi connectivity index (χ3v) is 14.6. The summed E-state index contributed by atoms with van der Waals surface area (Å²) in [6, 6.07) is 0. The molecule has 0 radical (unpaired) electrons. The molecule has 83 heavy (non-hydrogen) atoms. The Morgan fingerprint density at radius 3 is 0.735 bits per heavy atom. The molecule has 0 bridgehead atoms. The van der Waals surface area contributed by atoms with Crippen molar-refractivity contribution in [2.75, 3.05) is 13.2 Å². The largest absolute Gasteiger partial charge is 0.462 e. The number of carbonyl (C=O) groups is 3. The number of hydrogen-bond acceptors (Lipinski definition) is 6. The second-order valence-corrected chi connectivity index (χ2v) is 22.7. The molecular weight excluding hydrogens is 1020 g/mol. The van der Waals surface area contributed by atoms with Crippen LogP contribution >= 0.6 is 0 Å². The van der Waals surface area contributed by atoms with Crippen LogP contribution in [0.5, 0.6) is 0 Å². The number of ether oxygens (including phenoxy) is 3. The summed E-state index contributed by atoms with van der Waals surface area (Å²) >= 11 is 0. The molecule has 1 atom stereocenters. The Hall–Kier alpha value is -4.45. The first-order chi connectivity index (χ1) is 41.0. The van der Waals surface area contributed by atoms with Crippen LogP contribution in [0.3, 0.4) is 0 Å². The van der Waals surface area contributed by atoms with Crippen LogP contribution in [-0.4, -0.2) is 37.2 Å². The molecule has 0 saturated heterocycles. The van der Waals surface area contributed by atoms with E-state index in [0.29, 0.717) is 19.3 Å². The van der Waals surface area contributed by atoms with Crippen LogP contribution in [0.15, 0.2) is 134 Å². The van der Waals surface area contributed by atoms with Crippen molar-refractivity contribution in [2.45, 2.75) is 322 Å². The van der Waals surface area contributed by atoms with Crippen molar-refractivity contribution in [3.8, 4) is 0 Å². The topological polar surface area (TPSA) is 78.9 Å². The van der Waals surface area contributed by atoms with Gasteiger partial charge in [-0.1, -0.05) is 296 Å². The molecule has 0 aliphatic heterocycles. The molecule has 0 aromatic rings. The summed E-state index contributed by atoms with van der Waals surface area (Å²) in [5.74, 6) is -0.909. The van der Waals surface area contributed by atoms with Crippen LogP contribution < -0.4 is 0 Å². The zero-order valence-electron chi connectivity index (χ0n) is 54.2. The maximum atomic E-state index is 13.0. The summed E-state index contributed by atoms with van der Waals surface area (Å²) in [6.45, 7) is 6.41. The fourth-order valence-electron chi connectivity index (χ4n) is 9.49. The van der Waals surface area contributed by atoms with Crippen molar-refractivity contribution < 1.29 is 28.6 Å². The molecule has 0 rings (SSSR count). The van der Waals surface area contributed by atoms with E-state index < -0.39 is 6.10 Å². The van der Waals surface area contributed by atoms with Gasteiger partial charge < -0.3 is 14.2 Å². The highest BCUT2D eigenvalue weighted by atomic mass is 16.6. The molecule has 1 unspecified atom stereocenters. The third-order valence-electron chi connectivity index (χ3n) is 14.6. The second kappa shape index (κ2) is 70.0. The van der Waals surface area contributed by atoms with E-state index in [4.69, 9.17) is 14.2 Å². The van der Waals surface area contributed by atoms with Crippen LogP contribution in [0.1, 0.15) is 316 Å². The summed E-state index contributed by atoms with van der Waals surface area (Å²) < 4.78 is 17.0. The highest BCUT2D eigenvalue weighted by molar-refractivity contribution is 5.71. The number of hydrogen-bond donors (Lipinski definition) is 0. The summed E-state index contributed by atoms with van der Waals surface area (Å²) in [5.41, 5.74) is 0. The SMILES string of the molecule is CC/C=C\C/C=C\C/C=C\C/C=C\C/C=C\C/C=C\CCCCCCCCC(=O)OCC(COC(=O)CCCCCCCCC/C=C\C/C=C\C/C=C\CC)OC(=O)CCCCCCCCCCCCC/C=C\C/C=C\CCCCCCC. The van der Waals surface area contributed by atoms with Gasteiger partial charge in [0, 0.05) is 19.3 Å². The molecule has 0 aromatic heterocycles. The Bertz CT molecular complexity index is 1750. The predicted molar refractivity (Wildman–Crippen MR) is 362 cm³/mol. The fraction of sp³-hybridized carbons (Fsp3) is 0.675. The minimum Gasteiger partial charge on any atom is -0.462 e. The maximum Gasteiger partial charge on any atom is 0.306 e. The van der Waals surface area contributed by atoms with Gasteiger partial charge in [0.2, 0.25) is 0 Å². The van der Waals surface area contributed by atoms with Gasteiger partial charge in [0.05, 0.1) is 0 Å². The standard InChI is InChI=1S/C77H128O6/c1-4-7-10-13-16-19-22-25-28-31-33-35-37-38-40-41-43-46-49-52-55-58-61-64-67-70-76(79)82-73-74(72-81-75(78)69-66-63-60-57-54-51-48-45-30-27-24-21-18-15-12-9-6-3)83-77(80)71-68-65-62-59-56-53-50-47-44-42-39-36-34-32-29-26-23-20-17-14-11-8-5-2/h7,9-10,12,16,18-19,21,23,25-28,30,32-35,38,40,43,46,74H,4-6,8,11,13-15,17,20,22,24,29,31,36-37,39,41-42,44-45,47-73H2,1-3H3/b10-7-,12-9-,19-16-,21-18-,26-23-,28-25-,30-27-,34-32-,35-33-,40-38-,46-43-. The van der Waals surface area contributed by atoms with Gasteiger partial charge in [-0.3, -0.25) is 14.4 Å². The third kappa shape index (κ3) is 68.2. The number of allylic oxidation sites excluding steroid dienone is 22. The smallest absolute Gasteiger partial charge is 0.306 e. The summed E-state index contributed by atoms with van der Waals surface area (Å²) in [4.78, 5) is 38.5. The molecule has 0 saturated carbocycles. The van der Waals surface area contributed by atoms with Crippen molar-refractivity contribution in [2.24, 2.45) is 0 Å². The summed E-state index contributed by atoms with van der Waals surface area (Å²) in [5, 5.41) is 0. The van der Waals surface area contributed by atoms with Crippen molar-refractivity contribution in [1.29, 1.82) is 0 Å². The van der Waals surface area contributed by atoms with Crippen molar-refractivity contribution >= 4 is 17.9 Å².